The summed E-state index contributed by atoms with van der Waals surface area (Å²) in [5.74, 6) is -1.09. The molecule has 0 amide bonds. The number of hydrogen-bond donors (Lipinski definition) is 1. The molecule has 6 nitrogen and oxygen atoms in total. The third-order valence-corrected chi connectivity index (χ3v) is 4.86. The van der Waals surface area contributed by atoms with Crippen LogP contribution in [0.2, 0.25) is 5.02 Å². The maximum Gasteiger partial charge on any atom is 0.304 e. The first-order valence-corrected chi connectivity index (χ1v) is 7.56. The fourth-order valence-corrected chi connectivity index (χ4v) is 3.46. The van der Waals surface area contributed by atoms with Crippen LogP contribution in [0.4, 0.5) is 0 Å². The van der Waals surface area contributed by atoms with E-state index in [1.807, 2.05) is 0 Å². The van der Waals surface area contributed by atoms with Crippen LogP contribution in [-0.4, -0.2) is 36.9 Å². The maximum atomic E-state index is 12.4. The predicted octanol–water partition coefficient (Wildman–Crippen LogP) is 1.70. The number of sulfonamides is 1. The first kappa shape index (κ1) is 16.4. The molecule has 1 aromatic rings. The number of benzene rings is 1. The highest BCUT2D eigenvalue weighted by atomic mass is 35.5. The molecule has 108 valence electrons. The molecule has 20 heavy (non-hydrogen) atoms. The van der Waals surface area contributed by atoms with Gasteiger partial charge in [0.25, 0.3) is 0 Å². The van der Waals surface area contributed by atoms with Gasteiger partial charge in [0, 0.05) is 18.1 Å². The van der Waals surface area contributed by atoms with E-state index in [1.165, 1.54) is 18.2 Å². The lowest BCUT2D eigenvalue weighted by Gasteiger charge is -2.20. The zero-order chi connectivity index (χ0) is 15.3. The molecule has 0 aliphatic heterocycles. The molecule has 0 saturated carbocycles. The fraction of sp³-hybridized carbons (Fsp3) is 0.333. The van der Waals surface area contributed by atoms with Crippen LogP contribution >= 0.6 is 11.6 Å². The van der Waals surface area contributed by atoms with Gasteiger partial charge in [0.2, 0.25) is 10.0 Å². The van der Waals surface area contributed by atoms with E-state index >= 15 is 0 Å². The molecule has 8 heteroatoms. The molecule has 0 fully saturated rings. The summed E-state index contributed by atoms with van der Waals surface area (Å²) in [5, 5.41) is 17.8. The molecule has 0 saturated heterocycles. The van der Waals surface area contributed by atoms with Gasteiger partial charge in [-0.2, -0.15) is 9.57 Å². The molecule has 0 bridgehead atoms. The topological polar surface area (TPSA) is 98.5 Å². The number of nitrogens with zero attached hydrogens (tertiary/aromatic N) is 2. The summed E-state index contributed by atoms with van der Waals surface area (Å²) < 4.78 is 25.9. The Morgan fingerprint density at radius 1 is 1.50 bits per heavy atom. The minimum atomic E-state index is -3.95. The Morgan fingerprint density at radius 3 is 2.65 bits per heavy atom. The number of aliphatic carboxylic acids is 1. The monoisotopic (exact) mass is 316 g/mol. The van der Waals surface area contributed by atoms with Crippen molar-refractivity contribution < 1.29 is 18.3 Å². The molecule has 0 aromatic heterocycles. The Bertz CT molecular complexity index is 652. The van der Waals surface area contributed by atoms with Crippen LogP contribution in [0.25, 0.3) is 0 Å². The van der Waals surface area contributed by atoms with Crippen molar-refractivity contribution >= 4 is 27.6 Å². The average Bonchev–Trinajstić information content (AvgIpc) is 2.38. The molecule has 0 unspecified atom stereocenters. The summed E-state index contributed by atoms with van der Waals surface area (Å²) in [6.45, 7) is 1.54. The van der Waals surface area contributed by atoms with Gasteiger partial charge in [-0.25, -0.2) is 8.42 Å². The lowest BCUT2D eigenvalue weighted by atomic mass is 10.2. The summed E-state index contributed by atoms with van der Waals surface area (Å²) in [7, 11) is -3.95. The van der Waals surface area contributed by atoms with Crippen LogP contribution in [0.3, 0.4) is 0 Å². The summed E-state index contributed by atoms with van der Waals surface area (Å²) in [6.07, 6.45) is -0.310. The fourth-order valence-electron chi connectivity index (χ4n) is 1.61. The van der Waals surface area contributed by atoms with Gasteiger partial charge in [-0.05, 0) is 18.2 Å². The lowest BCUT2D eigenvalue weighted by molar-refractivity contribution is -0.137. The van der Waals surface area contributed by atoms with Gasteiger partial charge < -0.3 is 5.11 Å². The number of nitriles is 1. The Labute approximate surface area is 122 Å². The molecule has 0 atom stereocenters. The summed E-state index contributed by atoms with van der Waals surface area (Å²) in [4.78, 5) is 10.4. The highest BCUT2D eigenvalue weighted by Gasteiger charge is 2.26. The average molecular weight is 317 g/mol. The van der Waals surface area contributed by atoms with Crippen LogP contribution in [-0.2, 0) is 14.8 Å². The van der Waals surface area contributed by atoms with Crippen LogP contribution < -0.4 is 0 Å². The third kappa shape index (κ3) is 3.70. The van der Waals surface area contributed by atoms with Crippen molar-refractivity contribution in [3.05, 3.63) is 28.8 Å². The molecule has 0 aliphatic carbocycles. The van der Waals surface area contributed by atoms with E-state index in [0.29, 0.717) is 0 Å². The zero-order valence-corrected chi connectivity index (χ0v) is 12.3. The quantitative estimate of drug-likeness (QED) is 0.861. The second-order valence-corrected chi connectivity index (χ2v) is 6.24. The third-order valence-electron chi connectivity index (χ3n) is 2.61. The van der Waals surface area contributed by atoms with Crippen molar-refractivity contribution in [1.82, 2.24) is 4.31 Å². The van der Waals surface area contributed by atoms with Gasteiger partial charge in [0.15, 0.2) is 0 Å². The molecular weight excluding hydrogens is 304 g/mol. The Hall–Kier alpha value is -1.62. The first-order valence-electron chi connectivity index (χ1n) is 5.74. The minimum Gasteiger partial charge on any atom is -0.481 e. The van der Waals surface area contributed by atoms with E-state index < -0.39 is 16.0 Å². The van der Waals surface area contributed by atoms with E-state index in [2.05, 4.69) is 0 Å². The molecule has 1 aromatic carbocycles. The summed E-state index contributed by atoms with van der Waals surface area (Å²) in [6, 6.07) is 5.73. The van der Waals surface area contributed by atoms with E-state index in [9.17, 15) is 13.2 Å². The molecule has 0 heterocycles. The van der Waals surface area contributed by atoms with Crippen LogP contribution in [0.15, 0.2) is 23.1 Å². The molecule has 1 N–H and O–H groups in total. The molecule has 0 radical (unpaired) electrons. The number of rotatable bonds is 6. The van der Waals surface area contributed by atoms with Crippen molar-refractivity contribution in [2.75, 3.05) is 13.1 Å². The van der Waals surface area contributed by atoms with Gasteiger partial charge in [-0.3, -0.25) is 4.79 Å². The second kappa shape index (κ2) is 6.70. The van der Waals surface area contributed by atoms with Gasteiger partial charge in [-0.1, -0.05) is 18.5 Å². The number of carboxylic acid groups (broad SMARTS) is 1. The highest BCUT2D eigenvalue weighted by molar-refractivity contribution is 7.89. The predicted molar refractivity (Wildman–Crippen MR) is 72.9 cm³/mol. The van der Waals surface area contributed by atoms with Gasteiger partial charge in [0.1, 0.15) is 11.0 Å². The minimum absolute atomic E-state index is 0.0248. The second-order valence-electron chi connectivity index (χ2n) is 3.89. The van der Waals surface area contributed by atoms with Crippen molar-refractivity contribution in [1.29, 1.82) is 5.26 Å². The molecule has 0 spiro atoms. The lowest BCUT2D eigenvalue weighted by Crippen LogP contribution is -2.33. The highest BCUT2D eigenvalue weighted by Crippen LogP contribution is 2.23. The van der Waals surface area contributed by atoms with Crippen molar-refractivity contribution in [2.24, 2.45) is 0 Å². The largest absolute Gasteiger partial charge is 0.481 e. The number of halogens is 1. The van der Waals surface area contributed by atoms with Gasteiger partial charge in [0.05, 0.1) is 12.0 Å². The van der Waals surface area contributed by atoms with Crippen LogP contribution in [0.5, 0.6) is 0 Å². The van der Waals surface area contributed by atoms with E-state index in [-0.39, 0.29) is 35.0 Å². The summed E-state index contributed by atoms with van der Waals surface area (Å²) >= 11 is 5.77. The Balaban J connectivity index is 3.24. The van der Waals surface area contributed by atoms with Gasteiger partial charge >= 0.3 is 5.97 Å². The normalized spacial score (nSPS) is 11.3. The van der Waals surface area contributed by atoms with Gasteiger partial charge in [-0.15, -0.1) is 0 Å². The Morgan fingerprint density at radius 2 is 2.15 bits per heavy atom. The van der Waals surface area contributed by atoms with Crippen molar-refractivity contribution in [3.8, 4) is 6.07 Å². The standard InChI is InChI=1S/C12H13ClN2O4S/c1-2-15(6-5-12(16)17)20(18,19)11-7-10(13)4-3-9(11)8-14/h3-4,7H,2,5-6H2,1H3,(H,16,17). The maximum absolute atomic E-state index is 12.4. The molecular formula is C12H13ClN2O4S. The van der Waals surface area contributed by atoms with E-state index in [4.69, 9.17) is 22.0 Å². The Kier molecular flexibility index (Phi) is 5.51. The van der Waals surface area contributed by atoms with E-state index in [1.54, 1.807) is 13.0 Å². The van der Waals surface area contributed by atoms with E-state index in [0.717, 1.165) is 4.31 Å². The van der Waals surface area contributed by atoms with Crippen LogP contribution in [0.1, 0.15) is 18.9 Å². The number of carbonyl (C=O) groups is 1. The zero-order valence-electron chi connectivity index (χ0n) is 10.7. The summed E-state index contributed by atoms with van der Waals surface area (Å²) in [5.41, 5.74) is -0.0248. The SMILES string of the molecule is CCN(CCC(=O)O)S(=O)(=O)c1cc(Cl)ccc1C#N. The van der Waals surface area contributed by atoms with Crippen molar-refractivity contribution in [2.45, 2.75) is 18.2 Å². The number of hydrogen-bond acceptors (Lipinski definition) is 4. The number of carboxylic acids is 1. The first-order chi connectivity index (χ1) is 9.32. The van der Waals surface area contributed by atoms with Crippen molar-refractivity contribution in [3.63, 3.8) is 0 Å². The van der Waals surface area contributed by atoms with Crippen LogP contribution in [0, 0.1) is 11.3 Å². The molecule has 0 aliphatic rings. The smallest absolute Gasteiger partial charge is 0.304 e. The molecule has 1 rings (SSSR count).